The number of anilines is 1. The number of nitrogens with one attached hydrogen (secondary N) is 1. The van der Waals surface area contributed by atoms with Gasteiger partial charge in [0.25, 0.3) is 0 Å². The lowest BCUT2D eigenvalue weighted by Crippen LogP contribution is -2.48. The van der Waals surface area contributed by atoms with Gasteiger partial charge in [0.05, 0.1) is 6.54 Å². The number of rotatable bonds is 3. The zero-order chi connectivity index (χ0) is 13.8. The summed E-state index contributed by atoms with van der Waals surface area (Å²) < 4.78 is 0. The molecule has 1 aromatic rings. The summed E-state index contributed by atoms with van der Waals surface area (Å²) >= 11 is 0. The smallest absolute Gasteiger partial charge is 0.241 e. The molecule has 1 N–H and O–H groups in total. The summed E-state index contributed by atoms with van der Waals surface area (Å²) in [5.41, 5.74) is 3.46. The molecule has 1 heterocycles. The Kier molecular flexibility index (Phi) is 4.43. The van der Waals surface area contributed by atoms with Gasteiger partial charge in [-0.05, 0) is 32.0 Å². The van der Waals surface area contributed by atoms with Crippen LogP contribution < -0.4 is 5.32 Å². The lowest BCUT2D eigenvalue weighted by atomic mass is 10.1. The van der Waals surface area contributed by atoms with Crippen LogP contribution in [0.2, 0.25) is 0 Å². The highest BCUT2D eigenvalue weighted by Gasteiger charge is 2.18. The van der Waals surface area contributed by atoms with Crippen LogP contribution in [0.25, 0.3) is 0 Å². The van der Waals surface area contributed by atoms with Gasteiger partial charge in [-0.1, -0.05) is 18.2 Å². The first-order valence-corrected chi connectivity index (χ1v) is 6.84. The van der Waals surface area contributed by atoms with Crippen LogP contribution in [0.1, 0.15) is 11.1 Å². The van der Waals surface area contributed by atoms with Crippen LogP contribution in [-0.2, 0) is 4.79 Å². The first kappa shape index (κ1) is 13.9. The molecule has 0 atom stereocenters. The Labute approximate surface area is 115 Å². The molecule has 4 nitrogen and oxygen atoms in total. The van der Waals surface area contributed by atoms with E-state index in [2.05, 4.69) is 43.2 Å². The van der Waals surface area contributed by atoms with Gasteiger partial charge in [-0.3, -0.25) is 4.79 Å². The molecule has 104 valence electrons. The zero-order valence-electron chi connectivity index (χ0n) is 12.1. The van der Waals surface area contributed by atoms with E-state index >= 15 is 0 Å². The highest BCUT2D eigenvalue weighted by Crippen LogP contribution is 2.19. The van der Waals surface area contributed by atoms with E-state index < -0.39 is 0 Å². The fourth-order valence-corrected chi connectivity index (χ4v) is 2.42. The third kappa shape index (κ3) is 3.47. The largest absolute Gasteiger partial charge is 0.376 e. The summed E-state index contributed by atoms with van der Waals surface area (Å²) in [6.45, 7) is 8.12. The predicted octanol–water partition coefficient (Wildman–Crippen LogP) is 1.49. The minimum Gasteiger partial charge on any atom is -0.376 e. The van der Waals surface area contributed by atoms with Crippen molar-refractivity contribution in [2.45, 2.75) is 13.8 Å². The Hall–Kier alpha value is -1.55. The van der Waals surface area contributed by atoms with Gasteiger partial charge in [-0.2, -0.15) is 0 Å². The third-order valence-corrected chi connectivity index (χ3v) is 3.75. The van der Waals surface area contributed by atoms with E-state index in [1.807, 2.05) is 11.0 Å². The zero-order valence-corrected chi connectivity index (χ0v) is 12.1. The van der Waals surface area contributed by atoms with Gasteiger partial charge in [-0.15, -0.1) is 0 Å². The van der Waals surface area contributed by atoms with Crippen LogP contribution >= 0.6 is 0 Å². The molecule has 0 saturated carbocycles. The van der Waals surface area contributed by atoms with Gasteiger partial charge in [0.1, 0.15) is 0 Å². The number of hydrogen-bond donors (Lipinski definition) is 1. The fraction of sp³-hybridized carbons (Fsp3) is 0.533. The molecule has 1 fully saturated rings. The maximum atomic E-state index is 12.1. The van der Waals surface area contributed by atoms with Crippen molar-refractivity contribution < 1.29 is 4.79 Å². The minimum atomic E-state index is 0.191. The molecule has 0 aliphatic carbocycles. The Morgan fingerprint density at radius 3 is 2.32 bits per heavy atom. The molecule has 0 radical (unpaired) electrons. The van der Waals surface area contributed by atoms with Crippen molar-refractivity contribution in [3.63, 3.8) is 0 Å². The van der Waals surface area contributed by atoms with Gasteiger partial charge in [0.15, 0.2) is 0 Å². The normalized spacial score (nSPS) is 16.5. The average Bonchev–Trinajstić information content (AvgIpc) is 2.38. The first-order valence-electron chi connectivity index (χ1n) is 6.84. The van der Waals surface area contributed by atoms with Crippen molar-refractivity contribution >= 4 is 11.6 Å². The van der Waals surface area contributed by atoms with E-state index in [1.54, 1.807) is 0 Å². The average molecular weight is 261 g/mol. The van der Waals surface area contributed by atoms with Crippen molar-refractivity contribution in [2.24, 2.45) is 0 Å². The highest BCUT2D eigenvalue weighted by atomic mass is 16.2. The standard InChI is InChI=1S/C15H23N3O/c1-12-5-4-6-13(2)15(12)16-11-14(19)18-9-7-17(3)8-10-18/h4-6,16H,7-11H2,1-3H3. The topological polar surface area (TPSA) is 35.6 Å². The molecule has 0 bridgehead atoms. The number of hydrogen-bond acceptors (Lipinski definition) is 3. The second kappa shape index (κ2) is 6.06. The van der Waals surface area contributed by atoms with Crippen LogP contribution in [0.4, 0.5) is 5.69 Å². The summed E-state index contributed by atoms with van der Waals surface area (Å²) in [6, 6.07) is 6.17. The summed E-state index contributed by atoms with van der Waals surface area (Å²) in [6.07, 6.45) is 0. The van der Waals surface area contributed by atoms with Crippen molar-refractivity contribution in [2.75, 3.05) is 45.1 Å². The van der Waals surface area contributed by atoms with Crippen molar-refractivity contribution in [3.8, 4) is 0 Å². The molecule has 1 amide bonds. The van der Waals surface area contributed by atoms with E-state index in [-0.39, 0.29) is 5.91 Å². The Balaban J connectivity index is 1.90. The number of nitrogens with zero attached hydrogens (tertiary/aromatic N) is 2. The number of aryl methyl sites for hydroxylation is 2. The number of amides is 1. The van der Waals surface area contributed by atoms with E-state index in [0.29, 0.717) is 6.54 Å². The number of carbonyl (C=O) groups excluding carboxylic acids is 1. The summed E-state index contributed by atoms with van der Waals surface area (Å²) in [5, 5.41) is 3.28. The molecule has 4 heteroatoms. The summed E-state index contributed by atoms with van der Waals surface area (Å²) in [7, 11) is 2.09. The summed E-state index contributed by atoms with van der Waals surface area (Å²) in [4.78, 5) is 16.3. The molecule has 2 rings (SSSR count). The number of carbonyl (C=O) groups is 1. The van der Waals surface area contributed by atoms with Crippen LogP contribution in [0.15, 0.2) is 18.2 Å². The SMILES string of the molecule is Cc1cccc(C)c1NCC(=O)N1CCN(C)CC1. The summed E-state index contributed by atoms with van der Waals surface area (Å²) in [5.74, 6) is 0.191. The molecule has 19 heavy (non-hydrogen) atoms. The Morgan fingerprint density at radius 2 is 1.74 bits per heavy atom. The molecular weight excluding hydrogens is 238 g/mol. The molecule has 0 aromatic heterocycles. The molecule has 1 aromatic carbocycles. The quantitative estimate of drug-likeness (QED) is 0.895. The van der Waals surface area contributed by atoms with Crippen LogP contribution in [0.3, 0.4) is 0 Å². The molecular formula is C15H23N3O. The monoisotopic (exact) mass is 261 g/mol. The highest BCUT2D eigenvalue weighted by molar-refractivity contribution is 5.81. The lowest BCUT2D eigenvalue weighted by molar-refractivity contribution is -0.130. The second-order valence-corrected chi connectivity index (χ2v) is 5.30. The van der Waals surface area contributed by atoms with Crippen molar-refractivity contribution in [1.82, 2.24) is 9.80 Å². The Bertz CT molecular complexity index is 430. The van der Waals surface area contributed by atoms with Gasteiger partial charge in [0, 0.05) is 31.9 Å². The third-order valence-electron chi connectivity index (χ3n) is 3.75. The molecule has 0 unspecified atom stereocenters. The lowest BCUT2D eigenvalue weighted by Gasteiger charge is -2.32. The van der Waals surface area contributed by atoms with E-state index in [4.69, 9.17) is 0 Å². The van der Waals surface area contributed by atoms with Crippen molar-refractivity contribution in [1.29, 1.82) is 0 Å². The maximum Gasteiger partial charge on any atom is 0.241 e. The Morgan fingerprint density at radius 1 is 1.16 bits per heavy atom. The number of likely N-dealkylation sites (N-methyl/N-ethyl adjacent to an activating group) is 1. The van der Waals surface area contributed by atoms with Crippen LogP contribution in [0, 0.1) is 13.8 Å². The molecule has 1 aliphatic heterocycles. The number of para-hydroxylation sites is 1. The predicted molar refractivity (Wildman–Crippen MR) is 78.5 cm³/mol. The molecule has 1 saturated heterocycles. The van der Waals surface area contributed by atoms with E-state index in [9.17, 15) is 4.79 Å². The van der Waals surface area contributed by atoms with Gasteiger partial charge in [0.2, 0.25) is 5.91 Å². The maximum absolute atomic E-state index is 12.1. The minimum absolute atomic E-state index is 0.191. The van der Waals surface area contributed by atoms with Crippen LogP contribution in [-0.4, -0.2) is 55.5 Å². The molecule has 0 spiro atoms. The van der Waals surface area contributed by atoms with E-state index in [1.165, 1.54) is 11.1 Å². The first-order chi connectivity index (χ1) is 9.08. The van der Waals surface area contributed by atoms with Gasteiger partial charge < -0.3 is 15.1 Å². The number of benzene rings is 1. The number of piperazine rings is 1. The van der Waals surface area contributed by atoms with Crippen LogP contribution in [0.5, 0.6) is 0 Å². The molecule has 1 aliphatic rings. The van der Waals surface area contributed by atoms with E-state index in [0.717, 1.165) is 31.9 Å². The van der Waals surface area contributed by atoms with Gasteiger partial charge in [-0.25, -0.2) is 0 Å². The van der Waals surface area contributed by atoms with Crippen molar-refractivity contribution in [3.05, 3.63) is 29.3 Å². The second-order valence-electron chi connectivity index (χ2n) is 5.30. The van der Waals surface area contributed by atoms with Gasteiger partial charge >= 0.3 is 0 Å². The fourth-order valence-electron chi connectivity index (χ4n) is 2.42.